The number of halogens is 1. The molecule has 0 spiro atoms. The lowest BCUT2D eigenvalue weighted by molar-refractivity contribution is 0.158. The van der Waals surface area contributed by atoms with Gasteiger partial charge in [0.15, 0.2) is 0 Å². The second-order valence-electron chi connectivity index (χ2n) is 6.03. The molecule has 1 aromatic carbocycles. The molecule has 1 N–H and O–H groups in total. The quantitative estimate of drug-likeness (QED) is 0.768. The molecule has 120 valence electrons. The Morgan fingerprint density at radius 2 is 2.13 bits per heavy atom. The van der Waals surface area contributed by atoms with Crippen molar-refractivity contribution in [3.05, 3.63) is 35.5 Å². The number of fused-ring (bicyclic) bond motifs is 1. The maximum atomic E-state index is 10.1. The maximum absolute atomic E-state index is 10.1. The third-order valence-corrected chi connectivity index (χ3v) is 5.41. The Morgan fingerprint density at radius 3 is 2.78 bits per heavy atom. The summed E-state index contributed by atoms with van der Waals surface area (Å²) >= 11 is 7.45. The fourth-order valence-electron chi connectivity index (χ4n) is 2.59. The lowest BCUT2D eigenvalue weighted by Crippen LogP contribution is -2.30. The van der Waals surface area contributed by atoms with Crippen LogP contribution in [0.25, 0.3) is 16.2 Å². The minimum absolute atomic E-state index is 0.263. The zero-order valence-corrected chi connectivity index (χ0v) is 14.3. The molecule has 1 fully saturated rings. The van der Waals surface area contributed by atoms with Crippen LogP contribution in [-0.2, 0) is 0 Å². The number of nitrogens with zero attached hydrogens (tertiary/aromatic N) is 4. The normalized spacial score (nSPS) is 16.0. The first-order chi connectivity index (χ1) is 11.1. The number of aromatic nitrogens is 3. The number of imidazole rings is 1. The van der Waals surface area contributed by atoms with Crippen molar-refractivity contribution in [2.45, 2.75) is 18.9 Å². The van der Waals surface area contributed by atoms with Crippen LogP contribution in [0.2, 0.25) is 5.02 Å². The van der Waals surface area contributed by atoms with Crippen molar-refractivity contribution in [2.24, 2.45) is 5.92 Å². The summed E-state index contributed by atoms with van der Waals surface area (Å²) in [6.45, 7) is 0.616. The summed E-state index contributed by atoms with van der Waals surface area (Å²) in [5.41, 5.74) is 1.90. The number of rotatable bonds is 5. The molecule has 2 aromatic heterocycles. The van der Waals surface area contributed by atoms with Crippen LogP contribution in [0.15, 0.2) is 30.5 Å². The Balaban J connectivity index is 1.55. The number of aliphatic hydroxyl groups excluding tert-OH is 1. The molecule has 1 unspecified atom stereocenters. The minimum Gasteiger partial charge on any atom is -0.391 e. The van der Waals surface area contributed by atoms with E-state index in [0.717, 1.165) is 34.2 Å². The van der Waals surface area contributed by atoms with Crippen LogP contribution in [0.5, 0.6) is 0 Å². The molecule has 0 saturated heterocycles. The number of likely N-dealkylation sites (N-methyl/N-ethyl adjacent to an activating group) is 1. The smallest absolute Gasteiger partial charge is 0.214 e. The van der Waals surface area contributed by atoms with Gasteiger partial charge in [0.05, 0.1) is 18.0 Å². The van der Waals surface area contributed by atoms with Gasteiger partial charge in [0, 0.05) is 24.2 Å². The van der Waals surface area contributed by atoms with Crippen LogP contribution >= 0.6 is 22.9 Å². The van der Waals surface area contributed by atoms with Crippen molar-refractivity contribution in [2.75, 3.05) is 18.5 Å². The molecule has 0 amide bonds. The molecule has 7 heteroatoms. The van der Waals surface area contributed by atoms with Crippen molar-refractivity contribution in [3.63, 3.8) is 0 Å². The highest BCUT2D eigenvalue weighted by Gasteiger charge is 2.30. The second kappa shape index (κ2) is 5.78. The predicted molar refractivity (Wildman–Crippen MR) is 93.3 cm³/mol. The molecule has 1 atom stereocenters. The first-order valence-electron chi connectivity index (χ1n) is 7.61. The topological polar surface area (TPSA) is 53.7 Å². The van der Waals surface area contributed by atoms with Crippen LogP contribution in [0.3, 0.4) is 0 Å². The molecular formula is C16H17ClN4OS. The highest BCUT2D eigenvalue weighted by Crippen LogP contribution is 2.34. The number of aliphatic hydroxyl groups is 1. The van der Waals surface area contributed by atoms with E-state index in [2.05, 4.69) is 10.1 Å². The minimum atomic E-state index is -0.263. The molecule has 2 heterocycles. The molecule has 0 radical (unpaired) electrons. The fourth-order valence-corrected chi connectivity index (χ4v) is 3.57. The molecule has 1 aliphatic carbocycles. The third kappa shape index (κ3) is 3.06. The summed E-state index contributed by atoms with van der Waals surface area (Å²) in [5, 5.41) is 16.2. The standard InChI is InChI=1S/C16H17ClN4OS/c1-20(9-14(22)11-2-3-11)16-19-21-8-13(18-15(21)23-16)10-4-6-12(17)7-5-10/h4-8,11,14,22H,2-3,9H2,1H3. The van der Waals surface area contributed by atoms with Crippen molar-refractivity contribution >= 4 is 33.0 Å². The van der Waals surface area contributed by atoms with E-state index in [-0.39, 0.29) is 6.10 Å². The largest absolute Gasteiger partial charge is 0.391 e. The van der Waals surface area contributed by atoms with Gasteiger partial charge in [-0.05, 0) is 30.9 Å². The monoisotopic (exact) mass is 348 g/mol. The molecule has 4 rings (SSSR count). The molecule has 0 bridgehead atoms. The predicted octanol–water partition coefficient (Wildman–Crippen LogP) is 3.32. The van der Waals surface area contributed by atoms with Gasteiger partial charge in [-0.1, -0.05) is 35.1 Å². The number of anilines is 1. The van der Waals surface area contributed by atoms with Gasteiger partial charge >= 0.3 is 0 Å². The Hall–Kier alpha value is -1.63. The van der Waals surface area contributed by atoms with Gasteiger partial charge in [0.1, 0.15) is 0 Å². The maximum Gasteiger partial charge on any atom is 0.214 e. The van der Waals surface area contributed by atoms with Gasteiger partial charge in [-0.25, -0.2) is 9.50 Å². The first-order valence-corrected chi connectivity index (χ1v) is 8.81. The second-order valence-corrected chi connectivity index (χ2v) is 7.40. The summed E-state index contributed by atoms with van der Waals surface area (Å²) in [7, 11) is 1.96. The molecular weight excluding hydrogens is 332 g/mol. The molecule has 1 saturated carbocycles. The van der Waals surface area contributed by atoms with Gasteiger partial charge in [-0.15, -0.1) is 5.10 Å². The number of hydrogen-bond donors (Lipinski definition) is 1. The highest BCUT2D eigenvalue weighted by atomic mass is 35.5. The Kier molecular flexibility index (Phi) is 3.75. The average Bonchev–Trinajstić information content (AvgIpc) is 3.19. The van der Waals surface area contributed by atoms with Crippen LogP contribution in [0.1, 0.15) is 12.8 Å². The fraction of sp³-hybridized carbons (Fsp3) is 0.375. The summed E-state index contributed by atoms with van der Waals surface area (Å²) in [4.78, 5) is 7.48. The van der Waals surface area contributed by atoms with Crippen molar-refractivity contribution in [1.29, 1.82) is 0 Å². The van der Waals surface area contributed by atoms with E-state index in [4.69, 9.17) is 11.6 Å². The zero-order valence-electron chi connectivity index (χ0n) is 12.7. The Morgan fingerprint density at radius 1 is 1.39 bits per heavy atom. The molecule has 5 nitrogen and oxygen atoms in total. The van der Waals surface area contributed by atoms with Crippen LogP contribution < -0.4 is 4.90 Å². The summed E-state index contributed by atoms with van der Waals surface area (Å²) < 4.78 is 1.80. The van der Waals surface area contributed by atoms with E-state index >= 15 is 0 Å². The van der Waals surface area contributed by atoms with E-state index in [0.29, 0.717) is 17.5 Å². The highest BCUT2D eigenvalue weighted by molar-refractivity contribution is 7.20. The van der Waals surface area contributed by atoms with Crippen molar-refractivity contribution < 1.29 is 5.11 Å². The third-order valence-electron chi connectivity index (χ3n) is 4.13. The van der Waals surface area contributed by atoms with Crippen molar-refractivity contribution in [3.8, 4) is 11.3 Å². The van der Waals surface area contributed by atoms with Gasteiger partial charge < -0.3 is 10.0 Å². The summed E-state index contributed by atoms with van der Waals surface area (Å²) in [6.07, 6.45) is 3.94. The zero-order chi connectivity index (χ0) is 16.0. The van der Waals surface area contributed by atoms with Gasteiger partial charge in [0.2, 0.25) is 10.1 Å². The Bertz CT molecular complexity index is 793. The van der Waals surface area contributed by atoms with E-state index < -0.39 is 0 Å². The van der Waals surface area contributed by atoms with E-state index in [9.17, 15) is 5.11 Å². The van der Waals surface area contributed by atoms with Crippen LogP contribution in [0.4, 0.5) is 5.13 Å². The van der Waals surface area contributed by atoms with Crippen LogP contribution in [0, 0.1) is 5.92 Å². The van der Waals surface area contributed by atoms with Crippen molar-refractivity contribution in [1.82, 2.24) is 14.6 Å². The van der Waals surface area contributed by atoms with E-state index in [1.54, 1.807) is 4.52 Å². The van der Waals surface area contributed by atoms with E-state index in [1.807, 2.05) is 42.4 Å². The van der Waals surface area contributed by atoms with Gasteiger partial charge in [0.25, 0.3) is 0 Å². The molecule has 1 aliphatic rings. The Labute approximate surface area is 143 Å². The van der Waals surface area contributed by atoms with Crippen LogP contribution in [-0.4, -0.2) is 39.4 Å². The van der Waals surface area contributed by atoms with E-state index in [1.165, 1.54) is 11.3 Å². The van der Waals surface area contributed by atoms with Gasteiger partial charge in [-0.3, -0.25) is 0 Å². The summed E-state index contributed by atoms with van der Waals surface area (Å²) in [5.74, 6) is 0.470. The summed E-state index contributed by atoms with van der Waals surface area (Å²) in [6, 6.07) is 7.62. The SMILES string of the molecule is CN(CC(O)C1CC1)c1nn2cc(-c3ccc(Cl)cc3)nc2s1. The van der Waals surface area contributed by atoms with Gasteiger partial charge in [-0.2, -0.15) is 0 Å². The molecule has 23 heavy (non-hydrogen) atoms. The molecule has 3 aromatic rings. The molecule has 0 aliphatic heterocycles. The first kappa shape index (κ1) is 14.9. The lowest BCUT2D eigenvalue weighted by Gasteiger charge is -2.19. The number of benzene rings is 1. The lowest BCUT2D eigenvalue weighted by atomic mass is 10.2. The average molecular weight is 349 g/mol. The number of hydrogen-bond acceptors (Lipinski definition) is 5.